The number of allylic oxidation sites excluding steroid dienone is 8. The fourth-order valence-electron chi connectivity index (χ4n) is 6.38. The molecule has 2 atom stereocenters. The lowest BCUT2D eigenvalue weighted by Crippen LogP contribution is -2.37. The molecule has 0 bridgehead atoms. The van der Waals surface area contributed by atoms with Gasteiger partial charge in [-0.3, -0.25) is 13.8 Å². The van der Waals surface area contributed by atoms with E-state index in [0.717, 1.165) is 64.2 Å². The van der Waals surface area contributed by atoms with Gasteiger partial charge in [0.1, 0.15) is 19.3 Å². The summed E-state index contributed by atoms with van der Waals surface area (Å²) in [6.07, 6.45) is 51.4. The van der Waals surface area contributed by atoms with Crippen molar-refractivity contribution < 1.29 is 37.3 Å². The molecule has 0 aliphatic carbocycles. The molecule has 0 saturated carbocycles. The highest BCUT2D eigenvalue weighted by molar-refractivity contribution is 7.47. The van der Waals surface area contributed by atoms with Crippen molar-refractivity contribution in [3.63, 3.8) is 0 Å². The summed E-state index contributed by atoms with van der Waals surface area (Å²) in [6, 6.07) is 0. The van der Waals surface area contributed by atoms with Crippen molar-refractivity contribution in [2.24, 2.45) is 0 Å². The highest BCUT2D eigenvalue weighted by Gasteiger charge is 2.26. The first-order valence-corrected chi connectivity index (χ1v) is 25.4. The number of nitrogens with zero attached hydrogens (tertiary/aromatic N) is 1. The summed E-state index contributed by atoms with van der Waals surface area (Å²) in [7, 11) is 1.65. The standard InChI is InChI=1S/C49H92NO7P/c1-6-8-10-12-14-16-18-20-22-24-25-26-27-29-31-33-35-37-39-41-44-54-46-48(47-56-58(52,53)55-45-43-50(3,4)5)57-49(51)42-40-38-36-34-32-30-28-23-21-19-17-15-13-11-9-7-2/h14,16-17,19-20,22-23,28,48H,6-13,15,18,21,24-27,29-47H2,1-5H3/p+1/b16-14-,19-17-,22-20-,28-23-. The summed E-state index contributed by atoms with van der Waals surface area (Å²) in [5, 5.41) is 0. The molecule has 0 aromatic rings. The quantitative estimate of drug-likeness (QED) is 0.0215. The molecule has 1 N–H and O–H groups in total. The Labute approximate surface area is 358 Å². The number of esters is 1. The topological polar surface area (TPSA) is 91.3 Å². The van der Waals surface area contributed by atoms with Gasteiger partial charge in [0.25, 0.3) is 0 Å². The van der Waals surface area contributed by atoms with Crippen molar-refractivity contribution in [2.75, 3.05) is 54.1 Å². The van der Waals surface area contributed by atoms with Crippen LogP contribution in [0, 0.1) is 0 Å². The zero-order chi connectivity index (χ0) is 42.7. The molecule has 0 aromatic carbocycles. The zero-order valence-electron chi connectivity index (χ0n) is 38.5. The molecule has 0 rings (SSSR count). The van der Waals surface area contributed by atoms with Gasteiger partial charge in [-0.15, -0.1) is 0 Å². The third-order valence-corrected chi connectivity index (χ3v) is 11.1. The van der Waals surface area contributed by atoms with Crippen LogP contribution < -0.4 is 0 Å². The summed E-state index contributed by atoms with van der Waals surface area (Å²) in [5.74, 6) is -0.328. The summed E-state index contributed by atoms with van der Waals surface area (Å²) < 4.78 is 35.1. The van der Waals surface area contributed by atoms with Crippen molar-refractivity contribution in [2.45, 2.75) is 206 Å². The fraction of sp³-hybridized carbons (Fsp3) is 0.816. The lowest BCUT2D eigenvalue weighted by molar-refractivity contribution is -0.870. The van der Waals surface area contributed by atoms with E-state index in [2.05, 4.69) is 62.5 Å². The van der Waals surface area contributed by atoms with Crippen molar-refractivity contribution in [1.29, 1.82) is 0 Å². The first-order valence-electron chi connectivity index (χ1n) is 23.9. The predicted octanol–water partition coefficient (Wildman–Crippen LogP) is 14.3. The van der Waals surface area contributed by atoms with Crippen LogP contribution in [0.1, 0.15) is 200 Å². The van der Waals surface area contributed by atoms with E-state index in [-0.39, 0.29) is 25.8 Å². The van der Waals surface area contributed by atoms with E-state index in [1.165, 1.54) is 116 Å². The van der Waals surface area contributed by atoms with Gasteiger partial charge in [-0.25, -0.2) is 4.57 Å². The Hall–Kier alpha value is -1.54. The molecule has 0 aromatic heterocycles. The van der Waals surface area contributed by atoms with Gasteiger partial charge in [-0.05, 0) is 77.0 Å². The van der Waals surface area contributed by atoms with Crippen molar-refractivity contribution in [1.82, 2.24) is 0 Å². The van der Waals surface area contributed by atoms with Crippen LogP contribution in [-0.4, -0.2) is 75.6 Å². The predicted molar refractivity (Wildman–Crippen MR) is 247 cm³/mol. The van der Waals surface area contributed by atoms with E-state index in [1.54, 1.807) is 0 Å². The fourth-order valence-corrected chi connectivity index (χ4v) is 7.12. The summed E-state index contributed by atoms with van der Waals surface area (Å²) in [6.45, 7) is 5.56. The number of phosphoric ester groups is 1. The normalized spacial score (nSPS) is 14.1. The molecule has 9 heteroatoms. The van der Waals surface area contributed by atoms with Crippen molar-refractivity contribution >= 4 is 13.8 Å². The van der Waals surface area contributed by atoms with Crippen LogP contribution in [-0.2, 0) is 27.9 Å². The van der Waals surface area contributed by atoms with Crippen LogP contribution in [0.5, 0.6) is 0 Å². The summed E-state index contributed by atoms with van der Waals surface area (Å²) in [4.78, 5) is 22.9. The minimum absolute atomic E-state index is 0.0840. The Morgan fingerprint density at radius 3 is 1.43 bits per heavy atom. The molecular formula is C49H93NO7P+. The average molecular weight is 839 g/mol. The number of likely N-dealkylation sites (N-methyl/N-ethyl adjacent to an activating group) is 1. The molecule has 0 heterocycles. The van der Waals surface area contributed by atoms with Gasteiger partial charge < -0.3 is 18.9 Å². The Bertz CT molecular complexity index is 1070. The van der Waals surface area contributed by atoms with Gasteiger partial charge in [0.15, 0.2) is 0 Å². The molecule has 0 amide bonds. The van der Waals surface area contributed by atoms with Gasteiger partial charge in [-0.1, -0.05) is 165 Å². The van der Waals surface area contributed by atoms with E-state index in [4.69, 9.17) is 18.5 Å². The minimum atomic E-state index is -4.28. The maximum absolute atomic E-state index is 12.7. The SMILES string of the molecule is CCCCC/C=C\C/C=C\CCCCCCCCCCCCOCC(COP(=O)(O)OCC[N+](C)(C)C)OC(=O)CCCCCCC/C=C\C/C=C\CCCCCC. The van der Waals surface area contributed by atoms with Crippen LogP contribution in [0.4, 0.5) is 0 Å². The number of hydrogen-bond donors (Lipinski definition) is 1. The van der Waals surface area contributed by atoms with Crippen LogP contribution in [0.3, 0.4) is 0 Å². The smallest absolute Gasteiger partial charge is 0.457 e. The van der Waals surface area contributed by atoms with Crippen LogP contribution >= 0.6 is 7.82 Å². The Balaban J connectivity index is 4.20. The van der Waals surface area contributed by atoms with Crippen molar-refractivity contribution in [3.05, 3.63) is 48.6 Å². The van der Waals surface area contributed by atoms with E-state index >= 15 is 0 Å². The molecule has 0 spiro atoms. The van der Waals surface area contributed by atoms with Crippen LogP contribution in [0.2, 0.25) is 0 Å². The number of ether oxygens (including phenoxy) is 2. The molecule has 340 valence electrons. The van der Waals surface area contributed by atoms with Gasteiger partial charge in [0, 0.05) is 13.0 Å². The number of carbonyl (C=O) groups is 1. The first kappa shape index (κ1) is 56.5. The molecule has 0 radical (unpaired) electrons. The monoisotopic (exact) mass is 839 g/mol. The number of unbranched alkanes of at least 4 members (excludes halogenated alkanes) is 22. The maximum atomic E-state index is 12.7. The Morgan fingerprint density at radius 2 is 0.948 bits per heavy atom. The summed E-state index contributed by atoms with van der Waals surface area (Å²) >= 11 is 0. The van der Waals surface area contributed by atoms with E-state index < -0.39 is 13.9 Å². The van der Waals surface area contributed by atoms with E-state index in [1.807, 2.05) is 21.1 Å². The second-order valence-corrected chi connectivity index (χ2v) is 18.6. The summed E-state index contributed by atoms with van der Waals surface area (Å²) in [5.41, 5.74) is 0. The molecule has 0 fully saturated rings. The number of carbonyl (C=O) groups excluding carboxylic acids is 1. The largest absolute Gasteiger partial charge is 0.472 e. The van der Waals surface area contributed by atoms with E-state index in [9.17, 15) is 14.3 Å². The molecule has 0 aliphatic heterocycles. The van der Waals surface area contributed by atoms with Crippen molar-refractivity contribution in [3.8, 4) is 0 Å². The highest BCUT2D eigenvalue weighted by atomic mass is 31.2. The molecule has 2 unspecified atom stereocenters. The average Bonchev–Trinajstić information content (AvgIpc) is 3.18. The van der Waals surface area contributed by atoms with Crippen LogP contribution in [0.25, 0.3) is 0 Å². The molecule has 8 nitrogen and oxygen atoms in total. The zero-order valence-corrected chi connectivity index (χ0v) is 39.4. The van der Waals surface area contributed by atoms with Gasteiger partial charge in [-0.2, -0.15) is 0 Å². The third-order valence-electron chi connectivity index (χ3n) is 10.1. The highest BCUT2D eigenvalue weighted by Crippen LogP contribution is 2.43. The van der Waals surface area contributed by atoms with Gasteiger partial charge in [0.05, 0.1) is 34.4 Å². The third kappa shape index (κ3) is 45.5. The minimum Gasteiger partial charge on any atom is -0.457 e. The molecule has 0 aliphatic rings. The number of quaternary nitrogens is 1. The Morgan fingerprint density at radius 1 is 0.534 bits per heavy atom. The number of rotatable bonds is 44. The first-order chi connectivity index (χ1) is 28.1. The molecule has 0 saturated heterocycles. The lowest BCUT2D eigenvalue weighted by atomic mass is 10.1. The van der Waals surface area contributed by atoms with Gasteiger partial charge in [0.2, 0.25) is 0 Å². The second-order valence-electron chi connectivity index (χ2n) is 17.1. The maximum Gasteiger partial charge on any atom is 0.472 e. The van der Waals surface area contributed by atoms with E-state index in [0.29, 0.717) is 24.1 Å². The second kappa shape index (κ2) is 42.2. The molecular weight excluding hydrogens is 746 g/mol. The number of hydrogen-bond acceptors (Lipinski definition) is 6. The number of phosphoric acid groups is 1. The Kier molecular flexibility index (Phi) is 41.0. The lowest BCUT2D eigenvalue weighted by Gasteiger charge is -2.24. The van der Waals surface area contributed by atoms with Crippen LogP contribution in [0.15, 0.2) is 48.6 Å². The van der Waals surface area contributed by atoms with Gasteiger partial charge >= 0.3 is 13.8 Å². The molecule has 58 heavy (non-hydrogen) atoms.